The van der Waals surface area contributed by atoms with E-state index in [9.17, 15) is 27.9 Å². The van der Waals surface area contributed by atoms with E-state index in [0.717, 1.165) is 36.6 Å². The summed E-state index contributed by atoms with van der Waals surface area (Å²) in [5.74, 6) is 0.221. The summed E-state index contributed by atoms with van der Waals surface area (Å²) in [5.41, 5.74) is -1.16. The van der Waals surface area contributed by atoms with Crippen molar-refractivity contribution < 1.29 is 37.3 Å². The lowest BCUT2D eigenvalue weighted by Crippen LogP contribution is -2.63. The molecule has 2 fully saturated rings. The molecule has 0 radical (unpaired) electrons. The number of amides is 2. The van der Waals surface area contributed by atoms with E-state index in [1.165, 1.54) is 6.07 Å². The summed E-state index contributed by atoms with van der Waals surface area (Å²) in [7, 11) is 0. The van der Waals surface area contributed by atoms with E-state index in [1.807, 2.05) is 18.2 Å². The molecule has 1 saturated carbocycles. The minimum absolute atomic E-state index is 0.0634. The van der Waals surface area contributed by atoms with Crippen molar-refractivity contribution in [1.29, 1.82) is 0 Å². The Morgan fingerprint density at radius 2 is 1.74 bits per heavy atom. The predicted octanol–water partition coefficient (Wildman–Crippen LogP) is 2.84. The number of hydrogen-bond donors (Lipinski definition) is 3. The molecule has 0 unspecified atom stereocenters. The van der Waals surface area contributed by atoms with Crippen LogP contribution in [0.15, 0.2) is 42.5 Å². The highest BCUT2D eigenvalue weighted by atomic mass is 19.4. The number of aliphatic hydroxyl groups is 1. The second kappa shape index (κ2) is 10.5. The molecule has 11 heteroatoms. The van der Waals surface area contributed by atoms with Crippen LogP contribution in [0.3, 0.4) is 0 Å². The molecule has 38 heavy (non-hydrogen) atoms. The summed E-state index contributed by atoms with van der Waals surface area (Å²) in [5, 5.41) is 16.5. The third-order valence-electron chi connectivity index (χ3n) is 7.51. The Labute approximate surface area is 218 Å². The molecule has 0 atom stereocenters. The zero-order valence-electron chi connectivity index (χ0n) is 20.7. The Balaban J connectivity index is 1.04. The van der Waals surface area contributed by atoms with Gasteiger partial charge in [0.1, 0.15) is 13.2 Å². The van der Waals surface area contributed by atoms with E-state index in [1.54, 1.807) is 0 Å². The number of hydrogen-bond acceptors (Lipinski definition) is 6. The number of nitrogens with one attached hydrogen (secondary N) is 2. The normalized spacial score (nSPS) is 23.8. The molecule has 5 rings (SSSR count). The minimum Gasteiger partial charge on any atom is -0.486 e. The zero-order chi connectivity index (χ0) is 26.9. The smallest absolute Gasteiger partial charge is 0.416 e. The van der Waals surface area contributed by atoms with E-state index in [-0.39, 0.29) is 18.2 Å². The quantitative estimate of drug-likeness (QED) is 0.528. The molecular weight excluding hydrogens is 503 g/mol. The number of rotatable bonds is 6. The lowest BCUT2D eigenvalue weighted by Gasteiger charge is -2.48. The van der Waals surface area contributed by atoms with Crippen molar-refractivity contribution in [2.75, 3.05) is 32.8 Å². The van der Waals surface area contributed by atoms with Gasteiger partial charge in [-0.05, 0) is 61.6 Å². The van der Waals surface area contributed by atoms with E-state index in [0.29, 0.717) is 56.7 Å². The van der Waals surface area contributed by atoms with Crippen LogP contribution in [-0.2, 0) is 16.6 Å². The summed E-state index contributed by atoms with van der Waals surface area (Å²) < 4.78 is 49.8. The molecule has 2 aromatic carbocycles. The van der Waals surface area contributed by atoms with Crippen molar-refractivity contribution in [1.82, 2.24) is 15.5 Å². The Kier molecular flexibility index (Phi) is 7.23. The van der Waals surface area contributed by atoms with Gasteiger partial charge in [-0.2, -0.15) is 13.2 Å². The van der Waals surface area contributed by atoms with Crippen molar-refractivity contribution in [3.63, 3.8) is 0 Å². The third-order valence-corrected chi connectivity index (χ3v) is 7.51. The maximum atomic E-state index is 12.9. The lowest BCUT2D eigenvalue weighted by atomic mass is 9.76. The van der Waals surface area contributed by atoms with Crippen LogP contribution in [0.2, 0.25) is 0 Å². The van der Waals surface area contributed by atoms with Gasteiger partial charge in [0, 0.05) is 24.7 Å². The van der Waals surface area contributed by atoms with Crippen molar-refractivity contribution in [3.8, 4) is 11.5 Å². The number of fused-ring (bicyclic) bond motifs is 1. The van der Waals surface area contributed by atoms with Gasteiger partial charge in [-0.3, -0.25) is 14.5 Å². The average Bonchev–Trinajstić information content (AvgIpc) is 2.89. The highest BCUT2D eigenvalue weighted by Gasteiger charge is 2.41. The molecule has 0 bridgehead atoms. The van der Waals surface area contributed by atoms with Crippen LogP contribution in [0.4, 0.5) is 13.2 Å². The Hall–Kier alpha value is -3.31. The van der Waals surface area contributed by atoms with Crippen LogP contribution in [0.5, 0.6) is 11.5 Å². The maximum Gasteiger partial charge on any atom is 0.416 e. The SMILES string of the molecule is O=C(CNC(=O)c1cccc(C(F)(F)F)c1)NC1CN(C2CCC(O)(c3ccc4c(c3)OCCO4)CC2)C1. The van der Waals surface area contributed by atoms with Crippen LogP contribution in [0.1, 0.15) is 47.2 Å². The van der Waals surface area contributed by atoms with Crippen molar-refractivity contribution in [3.05, 3.63) is 59.2 Å². The first-order chi connectivity index (χ1) is 18.1. The number of halogens is 3. The van der Waals surface area contributed by atoms with Gasteiger partial charge in [0.25, 0.3) is 5.91 Å². The molecule has 204 valence electrons. The zero-order valence-corrected chi connectivity index (χ0v) is 20.7. The first-order valence-electron chi connectivity index (χ1n) is 12.7. The Morgan fingerprint density at radius 3 is 2.45 bits per heavy atom. The van der Waals surface area contributed by atoms with Gasteiger partial charge in [-0.1, -0.05) is 12.1 Å². The van der Waals surface area contributed by atoms with Gasteiger partial charge in [0.15, 0.2) is 11.5 Å². The maximum absolute atomic E-state index is 12.9. The average molecular weight is 534 g/mol. The van der Waals surface area contributed by atoms with Gasteiger partial charge in [0.2, 0.25) is 5.91 Å². The second-order valence-corrected chi connectivity index (χ2v) is 10.1. The first kappa shape index (κ1) is 26.3. The molecule has 8 nitrogen and oxygen atoms in total. The monoisotopic (exact) mass is 533 g/mol. The highest BCUT2D eigenvalue weighted by molar-refractivity contribution is 5.96. The number of ether oxygens (including phenoxy) is 2. The Morgan fingerprint density at radius 1 is 1.03 bits per heavy atom. The molecular formula is C27H30F3N3O5. The summed E-state index contributed by atoms with van der Waals surface area (Å²) in [6.07, 6.45) is -1.68. The van der Waals surface area contributed by atoms with Crippen molar-refractivity contribution in [2.24, 2.45) is 0 Å². The van der Waals surface area contributed by atoms with E-state index >= 15 is 0 Å². The van der Waals surface area contributed by atoms with Crippen LogP contribution in [0, 0.1) is 0 Å². The molecule has 3 aliphatic rings. The predicted molar refractivity (Wildman–Crippen MR) is 131 cm³/mol. The molecule has 2 aliphatic heterocycles. The topological polar surface area (TPSA) is 100 Å². The number of carbonyl (C=O) groups excluding carboxylic acids is 2. The molecule has 2 aromatic rings. The second-order valence-electron chi connectivity index (χ2n) is 10.1. The van der Waals surface area contributed by atoms with E-state index in [2.05, 4.69) is 15.5 Å². The van der Waals surface area contributed by atoms with Crippen LogP contribution >= 0.6 is 0 Å². The lowest BCUT2D eigenvalue weighted by molar-refractivity contribution is -0.137. The fourth-order valence-electron chi connectivity index (χ4n) is 5.35. The van der Waals surface area contributed by atoms with Crippen molar-refractivity contribution >= 4 is 11.8 Å². The van der Waals surface area contributed by atoms with E-state index < -0.39 is 29.2 Å². The van der Waals surface area contributed by atoms with Gasteiger partial charge in [-0.25, -0.2) is 0 Å². The molecule has 3 N–H and O–H groups in total. The summed E-state index contributed by atoms with van der Waals surface area (Å²) >= 11 is 0. The summed E-state index contributed by atoms with van der Waals surface area (Å²) in [6.45, 7) is 2.02. The van der Waals surface area contributed by atoms with Gasteiger partial charge < -0.3 is 25.2 Å². The third kappa shape index (κ3) is 5.73. The fourth-order valence-corrected chi connectivity index (χ4v) is 5.35. The number of alkyl halides is 3. The van der Waals surface area contributed by atoms with Crippen molar-refractivity contribution in [2.45, 2.75) is 49.5 Å². The minimum atomic E-state index is -4.55. The summed E-state index contributed by atoms with van der Waals surface area (Å²) in [6, 6.07) is 9.93. The molecule has 2 heterocycles. The van der Waals surface area contributed by atoms with Gasteiger partial charge in [0.05, 0.1) is 23.8 Å². The van der Waals surface area contributed by atoms with Crippen LogP contribution in [0.25, 0.3) is 0 Å². The molecule has 1 aliphatic carbocycles. The standard InChI is InChI=1S/C27H30F3N3O5/c28-27(29,30)19-3-1-2-17(12-19)25(35)31-14-24(34)32-20-15-33(16-20)21-6-8-26(36,9-7-21)18-4-5-22-23(13-18)38-11-10-37-22/h1-5,12-13,20-21,36H,6-11,14-16H2,(H,31,35)(H,32,34). The molecule has 0 aromatic heterocycles. The van der Waals surface area contributed by atoms with Gasteiger partial charge in [-0.15, -0.1) is 0 Å². The summed E-state index contributed by atoms with van der Waals surface area (Å²) in [4.78, 5) is 26.7. The molecule has 0 spiro atoms. The molecule has 1 saturated heterocycles. The number of benzene rings is 2. The fraction of sp³-hybridized carbons (Fsp3) is 0.481. The number of likely N-dealkylation sites (tertiary alicyclic amines) is 1. The van der Waals surface area contributed by atoms with Gasteiger partial charge >= 0.3 is 6.18 Å². The number of carbonyl (C=O) groups is 2. The van der Waals surface area contributed by atoms with Crippen LogP contribution < -0.4 is 20.1 Å². The Bertz CT molecular complexity index is 1190. The van der Waals surface area contributed by atoms with E-state index in [4.69, 9.17) is 9.47 Å². The first-order valence-corrected chi connectivity index (χ1v) is 12.7. The molecule has 2 amide bonds. The number of nitrogens with zero attached hydrogens (tertiary/aromatic N) is 1. The van der Waals surface area contributed by atoms with Crippen LogP contribution in [-0.4, -0.2) is 66.8 Å². The largest absolute Gasteiger partial charge is 0.486 e. The highest BCUT2D eigenvalue weighted by Crippen LogP contribution is 2.42.